The summed E-state index contributed by atoms with van der Waals surface area (Å²) >= 11 is 0. The maximum absolute atomic E-state index is 12.7. The van der Waals surface area contributed by atoms with Crippen molar-refractivity contribution >= 4 is 25.6 Å². The van der Waals surface area contributed by atoms with Gasteiger partial charge in [0.05, 0.1) is 28.8 Å². The standard InChI is InChI=1S/C20H23NO6S2/c1-27-17-7-5-15(6-8-17)9-11-21-20(22)16-3-2-4-18(13-16)29(25,26)19-10-12-28(23,24)14-19/h2-8,13,19H,9-12,14H2,1H3,(H,21,22)/t19-/m1/s1. The van der Waals surface area contributed by atoms with Crippen molar-refractivity contribution in [2.75, 3.05) is 25.2 Å². The number of hydrogen-bond acceptors (Lipinski definition) is 6. The molecule has 156 valence electrons. The highest BCUT2D eigenvalue weighted by Gasteiger charge is 2.38. The van der Waals surface area contributed by atoms with Gasteiger partial charge < -0.3 is 10.1 Å². The molecule has 0 aromatic heterocycles. The highest BCUT2D eigenvalue weighted by atomic mass is 32.2. The summed E-state index contributed by atoms with van der Waals surface area (Å²) in [5.41, 5.74) is 1.26. The number of carbonyl (C=O) groups excluding carboxylic acids is 1. The predicted octanol–water partition coefficient (Wildman–Crippen LogP) is 1.63. The van der Waals surface area contributed by atoms with Crippen molar-refractivity contribution in [3.8, 4) is 5.75 Å². The number of sulfone groups is 2. The van der Waals surface area contributed by atoms with Crippen LogP contribution in [0.2, 0.25) is 0 Å². The highest BCUT2D eigenvalue weighted by molar-refractivity contribution is 7.96. The molecule has 1 N–H and O–H groups in total. The Balaban J connectivity index is 1.64. The van der Waals surface area contributed by atoms with E-state index in [1.54, 1.807) is 7.11 Å². The van der Waals surface area contributed by atoms with Crippen molar-refractivity contribution in [3.05, 3.63) is 59.7 Å². The van der Waals surface area contributed by atoms with E-state index in [1.165, 1.54) is 24.3 Å². The van der Waals surface area contributed by atoms with Gasteiger partial charge in [-0.25, -0.2) is 16.8 Å². The van der Waals surface area contributed by atoms with Crippen LogP contribution in [0.4, 0.5) is 0 Å². The first kappa shape index (κ1) is 21.3. The van der Waals surface area contributed by atoms with E-state index in [-0.39, 0.29) is 34.3 Å². The van der Waals surface area contributed by atoms with Gasteiger partial charge >= 0.3 is 0 Å². The molecule has 1 atom stereocenters. The molecule has 1 heterocycles. The van der Waals surface area contributed by atoms with E-state index in [2.05, 4.69) is 5.32 Å². The summed E-state index contributed by atoms with van der Waals surface area (Å²) < 4.78 is 53.8. The van der Waals surface area contributed by atoms with Gasteiger partial charge in [-0.3, -0.25) is 4.79 Å². The van der Waals surface area contributed by atoms with Crippen LogP contribution in [0.15, 0.2) is 53.4 Å². The maximum atomic E-state index is 12.7. The predicted molar refractivity (Wildman–Crippen MR) is 110 cm³/mol. The summed E-state index contributed by atoms with van der Waals surface area (Å²) in [5.74, 6) is -0.115. The Hall–Kier alpha value is -2.39. The molecule has 29 heavy (non-hydrogen) atoms. The van der Waals surface area contributed by atoms with Crippen LogP contribution in [0, 0.1) is 0 Å². The SMILES string of the molecule is COc1ccc(CCNC(=O)c2cccc(S(=O)(=O)[C@@H]3CCS(=O)(=O)C3)c2)cc1. The molecular weight excluding hydrogens is 414 g/mol. The van der Waals surface area contributed by atoms with Gasteiger partial charge in [-0.15, -0.1) is 0 Å². The lowest BCUT2D eigenvalue weighted by atomic mass is 10.1. The zero-order valence-corrected chi connectivity index (χ0v) is 17.6. The first-order valence-electron chi connectivity index (χ1n) is 9.17. The molecule has 0 radical (unpaired) electrons. The Morgan fingerprint density at radius 2 is 1.90 bits per heavy atom. The lowest BCUT2D eigenvalue weighted by Crippen LogP contribution is -2.26. The minimum Gasteiger partial charge on any atom is -0.497 e. The third kappa shape index (κ3) is 5.16. The number of carbonyl (C=O) groups is 1. The maximum Gasteiger partial charge on any atom is 0.251 e. The molecule has 1 aliphatic heterocycles. The molecular formula is C20H23NO6S2. The molecule has 1 saturated heterocycles. The monoisotopic (exact) mass is 437 g/mol. The number of amides is 1. The molecule has 0 bridgehead atoms. The lowest BCUT2D eigenvalue weighted by Gasteiger charge is -2.11. The van der Waals surface area contributed by atoms with Crippen molar-refractivity contribution < 1.29 is 26.4 Å². The molecule has 1 aliphatic rings. The number of methoxy groups -OCH3 is 1. The van der Waals surface area contributed by atoms with Crippen molar-refractivity contribution in [3.63, 3.8) is 0 Å². The second kappa shape index (κ2) is 8.54. The molecule has 0 spiro atoms. The van der Waals surface area contributed by atoms with Gasteiger partial charge in [-0.05, 0) is 48.7 Å². The Morgan fingerprint density at radius 1 is 1.17 bits per heavy atom. The molecule has 3 rings (SSSR count). The van der Waals surface area contributed by atoms with E-state index in [4.69, 9.17) is 4.74 Å². The van der Waals surface area contributed by atoms with E-state index >= 15 is 0 Å². The fourth-order valence-electron chi connectivity index (χ4n) is 3.23. The average molecular weight is 438 g/mol. The zero-order chi connectivity index (χ0) is 21.1. The fourth-order valence-corrected chi connectivity index (χ4v) is 7.63. The van der Waals surface area contributed by atoms with Gasteiger partial charge in [0.15, 0.2) is 19.7 Å². The van der Waals surface area contributed by atoms with E-state index in [1.807, 2.05) is 24.3 Å². The minimum absolute atomic E-state index is 0.0256. The van der Waals surface area contributed by atoms with Crippen molar-refractivity contribution in [1.29, 1.82) is 0 Å². The van der Waals surface area contributed by atoms with Gasteiger partial charge in [0.25, 0.3) is 5.91 Å². The second-order valence-electron chi connectivity index (χ2n) is 6.95. The van der Waals surface area contributed by atoms with E-state index in [0.29, 0.717) is 13.0 Å². The van der Waals surface area contributed by atoms with Crippen molar-refractivity contribution in [1.82, 2.24) is 5.32 Å². The number of hydrogen-bond donors (Lipinski definition) is 1. The Morgan fingerprint density at radius 3 is 2.52 bits per heavy atom. The minimum atomic E-state index is -3.81. The van der Waals surface area contributed by atoms with Crippen LogP contribution in [0.1, 0.15) is 22.3 Å². The molecule has 0 unspecified atom stereocenters. The van der Waals surface area contributed by atoms with Gasteiger partial charge in [-0.2, -0.15) is 0 Å². The van der Waals surface area contributed by atoms with Crippen molar-refractivity contribution in [2.24, 2.45) is 0 Å². The smallest absolute Gasteiger partial charge is 0.251 e. The Kier molecular flexibility index (Phi) is 6.28. The fraction of sp³-hybridized carbons (Fsp3) is 0.350. The lowest BCUT2D eigenvalue weighted by molar-refractivity contribution is 0.0954. The molecule has 1 fully saturated rings. The van der Waals surface area contributed by atoms with Crippen LogP contribution in [0.25, 0.3) is 0 Å². The van der Waals surface area contributed by atoms with Crippen LogP contribution in [0.5, 0.6) is 5.75 Å². The molecule has 2 aromatic rings. The summed E-state index contributed by atoms with van der Waals surface area (Å²) in [6.45, 7) is 0.392. The molecule has 7 nitrogen and oxygen atoms in total. The van der Waals surface area contributed by atoms with Crippen LogP contribution in [-0.2, 0) is 26.1 Å². The summed E-state index contributed by atoms with van der Waals surface area (Å²) in [5, 5.41) is 1.82. The van der Waals surface area contributed by atoms with Crippen LogP contribution in [-0.4, -0.2) is 53.2 Å². The largest absolute Gasteiger partial charge is 0.497 e. The molecule has 0 saturated carbocycles. The third-order valence-corrected chi connectivity index (χ3v) is 9.08. The topological polar surface area (TPSA) is 107 Å². The Bertz CT molecular complexity index is 1090. The number of nitrogens with one attached hydrogen (secondary N) is 1. The average Bonchev–Trinajstić information content (AvgIpc) is 3.09. The quantitative estimate of drug-likeness (QED) is 0.706. The summed E-state index contributed by atoms with van der Waals surface area (Å²) in [7, 11) is -5.54. The van der Waals surface area contributed by atoms with Gasteiger partial charge in [0.2, 0.25) is 0 Å². The first-order chi connectivity index (χ1) is 13.7. The molecule has 2 aromatic carbocycles. The Labute approximate surface area is 170 Å². The molecule has 9 heteroatoms. The highest BCUT2D eigenvalue weighted by Crippen LogP contribution is 2.26. The molecule has 0 aliphatic carbocycles. The number of ether oxygens (including phenoxy) is 1. The normalized spacial score (nSPS) is 18.3. The van der Waals surface area contributed by atoms with Gasteiger partial charge in [-0.1, -0.05) is 18.2 Å². The summed E-state index contributed by atoms with van der Waals surface area (Å²) in [6.07, 6.45) is 0.705. The van der Waals surface area contributed by atoms with Crippen LogP contribution < -0.4 is 10.1 Å². The first-order valence-corrected chi connectivity index (χ1v) is 12.5. The van der Waals surface area contributed by atoms with Crippen LogP contribution in [0.3, 0.4) is 0 Å². The van der Waals surface area contributed by atoms with Gasteiger partial charge in [0.1, 0.15) is 5.75 Å². The molecule has 1 amide bonds. The number of benzene rings is 2. The van der Waals surface area contributed by atoms with Crippen LogP contribution >= 0.6 is 0 Å². The van der Waals surface area contributed by atoms with E-state index in [9.17, 15) is 21.6 Å². The summed E-state index contributed by atoms with van der Waals surface area (Å²) in [4.78, 5) is 12.4. The van der Waals surface area contributed by atoms with Crippen molar-refractivity contribution in [2.45, 2.75) is 23.0 Å². The summed E-state index contributed by atoms with van der Waals surface area (Å²) in [6, 6.07) is 13.2. The second-order valence-corrected chi connectivity index (χ2v) is 11.4. The number of rotatable bonds is 7. The van der Waals surface area contributed by atoms with Gasteiger partial charge in [0, 0.05) is 12.1 Å². The third-order valence-electron chi connectivity index (χ3n) is 4.91. The van der Waals surface area contributed by atoms with E-state index < -0.39 is 24.9 Å². The van der Waals surface area contributed by atoms with E-state index in [0.717, 1.165) is 11.3 Å². The zero-order valence-electron chi connectivity index (χ0n) is 16.0.